The van der Waals surface area contributed by atoms with Crippen molar-refractivity contribution in [2.24, 2.45) is 0 Å². The SMILES string of the molecule is COc1ccc(-c2csc(NCc3ccccc3)n2)cc1C. The summed E-state index contributed by atoms with van der Waals surface area (Å²) in [6.45, 7) is 2.83. The van der Waals surface area contributed by atoms with E-state index in [4.69, 9.17) is 4.74 Å². The van der Waals surface area contributed by atoms with Crippen molar-refractivity contribution in [3.63, 3.8) is 0 Å². The van der Waals surface area contributed by atoms with E-state index < -0.39 is 0 Å². The number of nitrogens with zero attached hydrogens (tertiary/aromatic N) is 1. The van der Waals surface area contributed by atoms with Gasteiger partial charge in [0.15, 0.2) is 5.13 Å². The minimum absolute atomic E-state index is 0.787. The fourth-order valence-corrected chi connectivity index (χ4v) is 3.02. The zero-order valence-corrected chi connectivity index (χ0v) is 13.5. The summed E-state index contributed by atoms with van der Waals surface area (Å²) in [7, 11) is 1.69. The van der Waals surface area contributed by atoms with Crippen LogP contribution in [0.2, 0.25) is 0 Å². The van der Waals surface area contributed by atoms with Crippen LogP contribution in [0.3, 0.4) is 0 Å². The Hall–Kier alpha value is -2.33. The van der Waals surface area contributed by atoms with Gasteiger partial charge in [-0.15, -0.1) is 11.3 Å². The first kappa shape index (κ1) is 14.6. The summed E-state index contributed by atoms with van der Waals surface area (Å²) in [4.78, 5) is 4.66. The van der Waals surface area contributed by atoms with E-state index >= 15 is 0 Å². The van der Waals surface area contributed by atoms with Crippen molar-refractivity contribution in [2.75, 3.05) is 12.4 Å². The molecule has 1 heterocycles. The van der Waals surface area contributed by atoms with Gasteiger partial charge in [0.1, 0.15) is 5.75 Å². The average Bonchev–Trinajstić information content (AvgIpc) is 3.03. The quantitative estimate of drug-likeness (QED) is 0.739. The minimum atomic E-state index is 0.787. The molecule has 2 aromatic carbocycles. The number of aromatic nitrogens is 1. The zero-order chi connectivity index (χ0) is 15.4. The second kappa shape index (κ2) is 6.62. The van der Waals surface area contributed by atoms with Crippen molar-refractivity contribution in [1.82, 2.24) is 4.98 Å². The van der Waals surface area contributed by atoms with Crippen molar-refractivity contribution in [3.8, 4) is 17.0 Å². The van der Waals surface area contributed by atoms with Gasteiger partial charge in [-0.3, -0.25) is 0 Å². The second-order valence-corrected chi connectivity index (χ2v) is 5.92. The van der Waals surface area contributed by atoms with Crippen LogP contribution in [0.4, 0.5) is 5.13 Å². The molecule has 112 valence electrons. The van der Waals surface area contributed by atoms with Gasteiger partial charge in [-0.1, -0.05) is 30.3 Å². The van der Waals surface area contributed by atoms with E-state index in [2.05, 4.69) is 33.9 Å². The second-order valence-electron chi connectivity index (χ2n) is 5.06. The van der Waals surface area contributed by atoms with Crippen LogP contribution >= 0.6 is 11.3 Å². The van der Waals surface area contributed by atoms with E-state index in [0.717, 1.165) is 34.2 Å². The molecule has 1 N–H and O–H groups in total. The molecule has 1 aromatic heterocycles. The van der Waals surface area contributed by atoms with Gasteiger partial charge in [0.05, 0.1) is 12.8 Å². The average molecular weight is 310 g/mol. The summed E-state index contributed by atoms with van der Waals surface area (Å²) in [6, 6.07) is 16.5. The van der Waals surface area contributed by atoms with Crippen LogP contribution < -0.4 is 10.1 Å². The number of benzene rings is 2. The molecule has 0 aliphatic heterocycles. The summed E-state index contributed by atoms with van der Waals surface area (Å²) in [6.07, 6.45) is 0. The highest BCUT2D eigenvalue weighted by Gasteiger charge is 2.07. The summed E-state index contributed by atoms with van der Waals surface area (Å²) in [5.41, 5.74) is 4.47. The predicted molar refractivity (Wildman–Crippen MR) is 92.6 cm³/mol. The number of hydrogen-bond acceptors (Lipinski definition) is 4. The van der Waals surface area contributed by atoms with Crippen molar-refractivity contribution < 1.29 is 4.74 Å². The Balaban J connectivity index is 1.72. The van der Waals surface area contributed by atoms with Gasteiger partial charge >= 0.3 is 0 Å². The summed E-state index contributed by atoms with van der Waals surface area (Å²) >= 11 is 1.63. The Kier molecular flexibility index (Phi) is 4.39. The first-order chi connectivity index (χ1) is 10.8. The third kappa shape index (κ3) is 3.28. The Morgan fingerprint density at radius 1 is 1.14 bits per heavy atom. The molecule has 3 nitrogen and oxygen atoms in total. The smallest absolute Gasteiger partial charge is 0.183 e. The molecule has 4 heteroatoms. The summed E-state index contributed by atoms with van der Waals surface area (Å²) < 4.78 is 5.30. The number of hydrogen-bond donors (Lipinski definition) is 1. The van der Waals surface area contributed by atoms with Gasteiger partial charge in [-0.25, -0.2) is 4.98 Å². The highest BCUT2D eigenvalue weighted by Crippen LogP contribution is 2.28. The van der Waals surface area contributed by atoms with E-state index in [1.165, 1.54) is 5.56 Å². The lowest BCUT2D eigenvalue weighted by atomic mass is 10.1. The number of nitrogens with one attached hydrogen (secondary N) is 1. The van der Waals surface area contributed by atoms with Gasteiger partial charge in [0.2, 0.25) is 0 Å². The monoisotopic (exact) mass is 310 g/mol. The number of methoxy groups -OCH3 is 1. The summed E-state index contributed by atoms with van der Waals surface area (Å²) in [5, 5.41) is 6.39. The van der Waals surface area contributed by atoms with Crippen LogP contribution in [0.15, 0.2) is 53.9 Å². The summed E-state index contributed by atoms with van der Waals surface area (Å²) in [5.74, 6) is 0.904. The van der Waals surface area contributed by atoms with Crippen molar-refractivity contribution >= 4 is 16.5 Å². The topological polar surface area (TPSA) is 34.1 Å². The van der Waals surface area contributed by atoms with Crippen LogP contribution in [0.25, 0.3) is 11.3 Å². The lowest BCUT2D eigenvalue weighted by Crippen LogP contribution is -1.98. The molecule has 0 spiro atoms. The number of rotatable bonds is 5. The van der Waals surface area contributed by atoms with Crippen LogP contribution in [0, 0.1) is 6.92 Å². The molecule has 0 aliphatic carbocycles. The van der Waals surface area contributed by atoms with Crippen LogP contribution in [-0.4, -0.2) is 12.1 Å². The van der Waals surface area contributed by atoms with E-state index in [-0.39, 0.29) is 0 Å². The maximum Gasteiger partial charge on any atom is 0.183 e. The molecule has 0 atom stereocenters. The van der Waals surface area contributed by atoms with E-state index in [1.807, 2.05) is 37.3 Å². The van der Waals surface area contributed by atoms with Crippen LogP contribution in [-0.2, 0) is 6.54 Å². The van der Waals surface area contributed by atoms with E-state index in [0.29, 0.717) is 0 Å². The normalized spacial score (nSPS) is 10.5. The zero-order valence-electron chi connectivity index (χ0n) is 12.7. The molecule has 0 bridgehead atoms. The molecule has 0 radical (unpaired) electrons. The Morgan fingerprint density at radius 3 is 2.68 bits per heavy atom. The molecule has 0 unspecified atom stereocenters. The van der Waals surface area contributed by atoms with Crippen molar-refractivity contribution in [2.45, 2.75) is 13.5 Å². The predicted octanol–water partition coefficient (Wildman–Crippen LogP) is 4.74. The highest BCUT2D eigenvalue weighted by atomic mass is 32.1. The van der Waals surface area contributed by atoms with Gasteiger partial charge in [0.25, 0.3) is 0 Å². The number of ether oxygens (including phenoxy) is 1. The molecule has 0 aliphatic rings. The van der Waals surface area contributed by atoms with Gasteiger partial charge < -0.3 is 10.1 Å². The molecular weight excluding hydrogens is 292 g/mol. The number of aryl methyl sites for hydroxylation is 1. The lowest BCUT2D eigenvalue weighted by Gasteiger charge is -2.05. The molecule has 0 fully saturated rings. The van der Waals surface area contributed by atoms with E-state index in [9.17, 15) is 0 Å². The maximum atomic E-state index is 5.30. The molecular formula is C18H18N2OS. The third-order valence-electron chi connectivity index (χ3n) is 3.48. The standard InChI is InChI=1S/C18H18N2OS/c1-13-10-15(8-9-17(13)21-2)16-12-22-18(20-16)19-11-14-6-4-3-5-7-14/h3-10,12H,11H2,1-2H3,(H,19,20). The number of anilines is 1. The van der Waals surface area contributed by atoms with Gasteiger partial charge in [-0.05, 0) is 36.2 Å². The molecule has 3 rings (SSSR count). The maximum absolute atomic E-state index is 5.30. The Bertz CT molecular complexity index is 753. The largest absolute Gasteiger partial charge is 0.496 e. The fourth-order valence-electron chi connectivity index (χ4n) is 2.30. The molecule has 22 heavy (non-hydrogen) atoms. The Morgan fingerprint density at radius 2 is 1.95 bits per heavy atom. The van der Waals surface area contributed by atoms with E-state index in [1.54, 1.807) is 18.4 Å². The highest BCUT2D eigenvalue weighted by molar-refractivity contribution is 7.14. The Labute approximate surface area is 134 Å². The van der Waals surface area contributed by atoms with Crippen molar-refractivity contribution in [1.29, 1.82) is 0 Å². The third-order valence-corrected chi connectivity index (χ3v) is 4.28. The number of thiazole rings is 1. The molecule has 0 amide bonds. The molecule has 0 saturated carbocycles. The van der Waals surface area contributed by atoms with Crippen LogP contribution in [0.1, 0.15) is 11.1 Å². The van der Waals surface area contributed by atoms with Crippen LogP contribution in [0.5, 0.6) is 5.75 Å². The minimum Gasteiger partial charge on any atom is -0.496 e. The first-order valence-electron chi connectivity index (χ1n) is 7.14. The van der Waals surface area contributed by atoms with Gasteiger partial charge in [-0.2, -0.15) is 0 Å². The molecule has 0 saturated heterocycles. The first-order valence-corrected chi connectivity index (χ1v) is 8.02. The van der Waals surface area contributed by atoms with Crippen molar-refractivity contribution in [3.05, 3.63) is 65.0 Å². The lowest BCUT2D eigenvalue weighted by molar-refractivity contribution is 0.412. The van der Waals surface area contributed by atoms with Gasteiger partial charge in [0, 0.05) is 17.5 Å². The fraction of sp³-hybridized carbons (Fsp3) is 0.167. The molecule has 3 aromatic rings.